The first kappa shape index (κ1) is 17.0. The summed E-state index contributed by atoms with van der Waals surface area (Å²) in [5.74, 6) is -0.450. The molecule has 0 saturated carbocycles. The normalized spacial score (nSPS) is 11.4. The Labute approximate surface area is 146 Å². The number of carbonyl (C=O) groups excluding carboxylic acids is 1. The standard InChI is InChI=1S/C15H11N3O5S2/c1-25(22,23)11-5-2-9(3-6-11)14(19)17-15-16-12-8-10(18(20)21)4-7-13(12)24-15/h2-8H,1H3,(H,16,17,19). The van der Waals surface area contributed by atoms with Crippen molar-refractivity contribution in [2.24, 2.45) is 0 Å². The van der Waals surface area contributed by atoms with Crippen molar-refractivity contribution in [3.05, 3.63) is 58.1 Å². The highest BCUT2D eigenvalue weighted by atomic mass is 32.2. The van der Waals surface area contributed by atoms with Gasteiger partial charge in [-0.15, -0.1) is 0 Å². The minimum absolute atomic E-state index is 0.0768. The molecule has 0 fully saturated rings. The van der Waals surface area contributed by atoms with Crippen LogP contribution in [-0.2, 0) is 9.84 Å². The molecule has 8 nitrogen and oxygen atoms in total. The first-order valence-corrected chi connectivity index (χ1v) is 9.61. The molecule has 0 unspecified atom stereocenters. The number of nitro groups is 1. The molecule has 0 atom stereocenters. The van der Waals surface area contributed by atoms with Crippen molar-refractivity contribution in [2.45, 2.75) is 4.90 Å². The first-order chi connectivity index (χ1) is 11.7. The molecule has 0 spiro atoms. The maximum Gasteiger partial charge on any atom is 0.271 e. The van der Waals surface area contributed by atoms with E-state index in [1.54, 1.807) is 6.07 Å². The highest BCUT2D eigenvalue weighted by Crippen LogP contribution is 2.29. The van der Waals surface area contributed by atoms with Gasteiger partial charge in [-0.25, -0.2) is 13.4 Å². The fraction of sp³-hybridized carbons (Fsp3) is 0.0667. The van der Waals surface area contributed by atoms with Crippen molar-refractivity contribution >= 4 is 48.1 Å². The Morgan fingerprint density at radius 3 is 2.48 bits per heavy atom. The summed E-state index contributed by atoms with van der Waals surface area (Å²) in [5, 5.41) is 13.7. The predicted molar refractivity (Wildman–Crippen MR) is 93.8 cm³/mol. The third-order valence-electron chi connectivity index (χ3n) is 3.35. The van der Waals surface area contributed by atoms with E-state index in [9.17, 15) is 23.3 Å². The molecule has 1 amide bonds. The smallest absolute Gasteiger partial charge is 0.271 e. The van der Waals surface area contributed by atoms with Gasteiger partial charge in [0.2, 0.25) is 0 Å². The van der Waals surface area contributed by atoms with Crippen LogP contribution < -0.4 is 5.32 Å². The van der Waals surface area contributed by atoms with Gasteiger partial charge in [-0.3, -0.25) is 20.2 Å². The van der Waals surface area contributed by atoms with Crippen molar-refractivity contribution < 1.29 is 18.1 Å². The zero-order valence-electron chi connectivity index (χ0n) is 12.8. The summed E-state index contributed by atoms with van der Waals surface area (Å²) < 4.78 is 23.5. The molecule has 25 heavy (non-hydrogen) atoms. The van der Waals surface area contributed by atoms with Crippen LogP contribution in [0.1, 0.15) is 10.4 Å². The Morgan fingerprint density at radius 1 is 1.20 bits per heavy atom. The average molecular weight is 377 g/mol. The van der Waals surface area contributed by atoms with E-state index in [1.807, 2.05) is 0 Å². The van der Waals surface area contributed by atoms with E-state index in [4.69, 9.17) is 0 Å². The summed E-state index contributed by atoms with van der Waals surface area (Å²) in [7, 11) is -3.33. The quantitative estimate of drug-likeness (QED) is 0.551. The van der Waals surface area contributed by atoms with Crippen LogP contribution in [0.25, 0.3) is 10.2 Å². The lowest BCUT2D eigenvalue weighted by atomic mass is 10.2. The summed E-state index contributed by atoms with van der Waals surface area (Å²) in [6.45, 7) is 0. The van der Waals surface area contributed by atoms with Crippen molar-refractivity contribution in [2.75, 3.05) is 11.6 Å². The van der Waals surface area contributed by atoms with Gasteiger partial charge in [0.25, 0.3) is 11.6 Å². The van der Waals surface area contributed by atoms with Crippen LogP contribution in [0.5, 0.6) is 0 Å². The molecular formula is C15H11N3O5S2. The number of anilines is 1. The number of benzene rings is 2. The van der Waals surface area contributed by atoms with E-state index in [0.29, 0.717) is 15.3 Å². The molecule has 3 aromatic rings. The lowest BCUT2D eigenvalue weighted by Gasteiger charge is -2.03. The van der Waals surface area contributed by atoms with Gasteiger partial charge in [-0.05, 0) is 30.3 Å². The third-order valence-corrected chi connectivity index (χ3v) is 5.43. The Bertz CT molecular complexity index is 1090. The van der Waals surface area contributed by atoms with Gasteiger partial charge in [0.15, 0.2) is 15.0 Å². The lowest BCUT2D eigenvalue weighted by Crippen LogP contribution is -2.11. The number of fused-ring (bicyclic) bond motifs is 1. The number of nitrogens with zero attached hydrogens (tertiary/aromatic N) is 2. The Hall–Kier alpha value is -2.85. The van der Waals surface area contributed by atoms with Gasteiger partial charge in [0, 0.05) is 24.0 Å². The molecule has 0 radical (unpaired) electrons. The molecule has 2 aromatic carbocycles. The molecule has 0 aliphatic heterocycles. The van der Waals surface area contributed by atoms with Crippen molar-refractivity contribution in [1.29, 1.82) is 0 Å². The van der Waals surface area contributed by atoms with E-state index in [0.717, 1.165) is 6.26 Å². The van der Waals surface area contributed by atoms with Crippen molar-refractivity contribution in [1.82, 2.24) is 4.98 Å². The Morgan fingerprint density at radius 2 is 1.88 bits per heavy atom. The minimum Gasteiger partial charge on any atom is -0.298 e. The summed E-state index contributed by atoms with van der Waals surface area (Å²) in [6.07, 6.45) is 1.09. The number of sulfone groups is 1. The summed E-state index contributed by atoms with van der Waals surface area (Å²) in [4.78, 5) is 26.8. The number of rotatable bonds is 4. The van der Waals surface area contributed by atoms with Crippen molar-refractivity contribution in [3.8, 4) is 0 Å². The Balaban J connectivity index is 1.83. The number of non-ortho nitro benzene ring substituents is 1. The number of hydrogen-bond donors (Lipinski definition) is 1. The van der Waals surface area contributed by atoms with Gasteiger partial charge in [0.1, 0.15) is 0 Å². The number of aromatic nitrogens is 1. The summed E-state index contributed by atoms with van der Waals surface area (Å²) in [6, 6.07) is 9.80. The first-order valence-electron chi connectivity index (χ1n) is 6.90. The number of amides is 1. The molecule has 0 aliphatic carbocycles. The lowest BCUT2D eigenvalue weighted by molar-refractivity contribution is -0.384. The maximum absolute atomic E-state index is 12.2. The molecule has 0 aliphatic rings. The zero-order valence-corrected chi connectivity index (χ0v) is 14.4. The molecule has 0 bridgehead atoms. The van der Waals surface area contributed by atoms with Crippen LogP contribution in [0.3, 0.4) is 0 Å². The zero-order chi connectivity index (χ0) is 18.2. The van der Waals surface area contributed by atoms with Crippen LogP contribution in [0, 0.1) is 10.1 Å². The van der Waals surface area contributed by atoms with E-state index >= 15 is 0 Å². The monoisotopic (exact) mass is 377 g/mol. The number of carbonyl (C=O) groups is 1. The second-order valence-electron chi connectivity index (χ2n) is 5.18. The molecule has 3 rings (SSSR count). The topological polar surface area (TPSA) is 119 Å². The van der Waals surface area contributed by atoms with Gasteiger partial charge in [-0.2, -0.15) is 0 Å². The number of nitro benzene ring substituents is 1. The summed E-state index contributed by atoms with van der Waals surface area (Å²) in [5.41, 5.74) is 0.617. The third kappa shape index (κ3) is 3.64. The second-order valence-corrected chi connectivity index (χ2v) is 8.23. The van der Waals surface area contributed by atoms with E-state index < -0.39 is 20.7 Å². The molecule has 1 heterocycles. The van der Waals surface area contributed by atoms with Gasteiger partial charge >= 0.3 is 0 Å². The highest BCUT2D eigenvalue weighted by molar-refractivity contribution is 7.90. The van der Waals surface area contributed by atoms with Crippen LogP contribution in [-0.4, -0.2) is 30.5 Å². The molecular weight excluding hydrogens is 366 g/mol. The van der Waals surface area contributed by atoms with Gasteiger partial charge in [0.05, 0.1) is 20.0 Å². The van der Waals surface area contributed by atoms with Crippen molar-refractivity contribution in [3.63, 3.8) is 0 Å². The molecule has 0 saturated heterocycles. The molecule has 1 aromatic heterocycles. The SMILES string of the molecule is CS(=O)(=O)c1ccc(C(=O)Nc2nc3cc([N+](=O)[O-])ccc3s2)cc1. The van der Waals surface area contributed by atoms with Crippen LogP contribution in [0.4, 0.5) is 10.8 Å². The fourth-order valence-corrected chi connectivity index (χ4v) is 3.58. The highest BCUT2D eigenvalue weighted by Gasteiger charge is 2.14. The molecule has 128 valence electrons. The number of hydrogen-bond acceptors (Lipinski definition) is 7. The Kier molecular flexibility index (Phi) is 4.23. The van der Waals surface area contributed by atoms with Crippen LogP contribution in [0.15, 0.2) is 47.4 Å². The van der Waals surface area contributed by atoms with E-state index in [2.05, 4.69) is 10.3 Å². The minimum atomic E-state index is -3.33. The second kappa shape index (κ2) is 6.22. The van der Waals surface area contributed by atoms with E-state index in [1.165, 1.54) is 47.7 Å². The molecule has 1 N–H and O–H groups in total. The number of nitrogens with one attached hydrogen (secondary N) is 1. The van der Waals surface area contributed by atoms with Crippen LogP contribution >= 0.6 is 11.3 Å². The van der Waals surface area contributed by atoms with E-state index in [-0.39, 0.29) is 16.1 Å². The molecule has 10 heteroatoms. The maximum atomic E-state index is 12.2. The average Bonchev–Trinajstić information content (AvgIpc) is 2.95. The predicted octanol–water partition coefficient (Wildman–Crippen LogP) is 2.86. The largest absolute Gasteiger partial charge is 0.298 e. The van der Waals surface area contributed by atoms with Gasteiger partial charge < -0.3 is 0 Å². The van der Waals surface area contributed by atoms with Gasteiger partial charge in [-0.1, -0.05) is 11.3 Å². The fourth-order valence-electron chi connectivity index (χ4n) is 2.11. The number of thiazole rings is 1. The van der Waals surface area contributed by atoms with Crippen LogP contribution in [0.2, 0.25) is 0 Å². The summed E-state index contributed by atoms with van der Waals surface area (Å²) >= 11 is 1.19.